The van der Waals surface area contributed by atoms with Gasteiger partial charge < -0.3 is 4.90 Å². The molecule has 3 nitrogen and oxygen atoms in total. The topological polar surface area (TPSA) is 29.0 Å². The zero-order chi connectivity index (χ0) is 13.1. The minimum absolute atomic E-state index is 0.496. The van der Waals surface area contributed by atoms with E-state index in [4.69, 9.17) is 11.6 Å². The Morgan fingerprint density at radius 1 is 1.17 bits per heavy atom. The van der Waals surface area contributed by atoms with E-state index in [1.54, 1.807) is 6.07 Å². The molecule has 0 fully saturated rings. The van der Waals surface area contributed by atoms with Gasteiger partial charge in [0, 0.05) is 18.4 Å². The molecular weight excluding hydrogens is 246 g/mol. The molecule has 18 heavy (non-hydrogen) atoms. The molecule has 2 aromatic rings. The number of anilines is 1. The molecule has 1 aromatic carbocycles. The van der Waals surface area contributed by atoms with Gasteiger partial charge in [0.15, 0.2) is 0 Å². The summed E-state index contributed by atoms with van der Waals surface area (Å²) < 4.78 is 0. The van der Waals surface area contributed by atoms with Gasteiger partial charge in [0.25, 0.3) is 0 Å². The molecule has 0 saturated heterocycles. The van der Waals surface area contributed by atoms with Crippen LogP contribution >= 0.6 is 11.6 Å². The van der Waals surface area contributed by atoms with Crippen LogP contribution < -0.4 is 4.90 Å². The summed E-state index contributed by atoms with van der Waals surface area (Å²) in [6.07, 6.45) is 0. The smallest absolute Gasteiger partial charge is 0.149 e. The molecule has 0 unspecified atom stereocenters. The average molecular weight is 262 g/mol. The summed E-state index contributed by atoms with van der Waals surface area (Å²) in [5.74, 6) is 0.741. The van der Waals surface area contributed by atoms with Crippen LogP contribution in [0.5, 0.6) is 0 Å². The number of aromatic nitrogens is 2. The van der Waals surface area contributed by atoms with Crippen molar-refractivity contribution in [3.63, 3.8) is 0 Å². The Bertz CT molecular complexity index is 534. The minimum Gasteiger partial charge on any atom is -0.367 e. The van der Waals surface area contributed by atoms with E-state index in [1.165, 1.54) is 11.3 Å². The Morgan fingerprint density at radius 3 is 2.56 bits per heavy atom. The Labute approximate surface area is 112 Å². The quantitative estimate of drug-likeness (QED) is 0.793. The standard InChI is InChI=1S/C14H16ClN3/c1-10-6-4-5-7-12(10)18(3)9-14-16-11(2)8-13(15)17-14/h4-8H,9H2,1-3H3. The fourth-order valence-electron chi connectivity index (χ4n) is 1.95. The van der Waals surface area contributed by atoms with Crippen molar-refractivity contribution in [1.29, 1.82) is 0 Å². The first-order valence-electron chi connectivity index (χ1n) is 5.83. The predicted octanol–water partition coefficient (Wildman–Crippen LogP) is 3.38. The van der Waals surface area contributed by atoms with Crippen LogP contribution in [0, 0.1) is 13.8 Å². The minimum atomic E-state index is 0.496. The van der Waals surface area contributed by atoms with E-state index >= 15 is 0 Å². The van der Waals surface area contributed by atoms with E-state index in [1.807, 2.05) is 26.1 Å². The first-order chi connectivity index (χ1) is 8.56. The summed E-state index contributed by atoms with van der Waals surface area (Å²) in [7, 11) is 2.03. The summed E-state index contributed by atoms with van der Waals surface area (Å²) in [5.41, 5.74) is 3.31. The lowest BCUT2D eigenvalue weighted by Crippen LogP contribution is -2.19. The fourth-order valence-corrected chi connectivity index (χ4v) is 2.20. The second kappa shape index (κ2) is 5.36. The molecule has 0 aliphatic rings. The number of para-hydroxylation sites is 1. The van der Waals surface area contributed by atoms with Crippen LogP contribution in [0.1, 0.15) is 17.1 Å². The van der Waals surface area contributed by atoms with Crippen LogP contribution in [0.3, 0.4) is 0 Å². The fraction of sp³-hybridized carbons (Fsp3) is 0.286. The van der Waals surface area contributed by atoms with Gasteiger partial charge in [-0.05, 0) is 31.5 Å². The van der Waals surface area contributed by atoms with E-state index in [-0.39, 0.29) is 0 Å². The van der Waals surface area contributed by atoms with Gasteiger partial charge in [-0.25, -0.2) is 9.97 Å². The molecule has 0 atom stereocenters. The van der Waals surface area contributed by atoms with E-state index in [9.17, 15) is 0 Å². The van der Waals surface area contributed by atoms with Crippen molar-refractivity contribution in [2.24, 2.45) is 0 Å². The van der Waals surface area contributed by atoms with Crippen LogP contribution in [0.25, 0.3) is 0 Å². The number of rotatable bonds is 3. The monoisotopic (exact) mass is 261 g/mol. The van der Waals surface area contributed by atoms with Crippen molar-refractivity contribution in [3.8, 4) is 0 Å². The van der Waals surface area contributed by atoms with Gasteiger partial charge in [-0.15, -0.1) is 0 Å². The van der Waals surface area contributed by atoms with Gasteiger partial charge >= 0.3 is 0 Å². The molecule has 2 rings (SSSR count). The Hall–Kier alpha value is -1.61. The first kappa shape index (κ1) is 12.8. The molecule has 1 aromatic heterocycles. The molecule has 0 amide bonds. The highest BCUT2D eigenvalue weighted by Gasteiger charge is 2.07. The molecule has 4 heteroatoms. The van der Waals surface area contributed by atoms with Gasteiger partial charge in [0.1, 0.15) is 11.0 Å². The molecule has 0 aliphatic heterocycles. The highest BCUT2D eigenvalue weighted by Crippen LogP contribution is 2.19. The van der Waals surface area contributed by atoms with E-state index < -0.39 is 0 Å². The third-order valence-corrected chi connectivity index (χ3v) is 2.97. The summed E-state index contributed by atoms with van der Waals surface area (Å²) in [5, 5.41) is 0.496. The number of hydrogen-bond acceptors (Lipinski definition) is 3. The van der Waals surface area contributed by atoms with Crippen molar-refractivity contribution in [1.82, 2.24) is 9.97 Å². The van der Waals surface area contributed by atoms with Gasteiger partial charge in [-0.1, -0.05) is 29.8 Å². The maximum absolute atomic E-state index is 5.94. The largest absolute Gasteiger partial charge is 0.367 e. The molecular formula is C14H16ClN3. The first-order valence-corrected chi connectivity index (χ1v) is 6.21. The summed E-state index contributed by atoms with van der Waals surface area (Å²) in [4.78, 5) is 10.8. The van der Waals surface area contributed by atoms with Crippen LogP contribution in [-0.4, -0.2) is 17.0 Å². The van der Waals surface area contributed by atoms with Crippen molar-refractivity contribution in [3.05, 3.63) is 52.6 Å². The summed E-state index contributed by atoms with van der Waals surface area (Å²) in [6, 6.07) is 10.0. The Kier molecular flexibility index (Phi) is 3.82. The van der Waals surface area contributed by atoms with Crippen molar-refractivity contribution < 1.29 is 0 Å². The second-order valence-electron chi connectivity index (χ2n) is 4.39. The molecule has 0 radical (unpaired) electrons. The lowest BCUT2D eigenvalue weighted by Gasteiger charge is -2.20. The number of hydrogen-bond donors (Lipinski definition) is 0. The van der Waals surface area contributed by atoms with Crippen LogP contribution in [-0.2, 0) is 6.54 Å². The summed E-state index contributed by atoms with van der Waals surface area (Å²) >= 11 is 5.94. The third kappa shape index (κ3) is 2.99. The number of aryl methyl sites for hydroxylation is 2. The van der Waals surface area contributed by atoms with Gasteiger partial charge in [-0.2, -0.15) is 0 Å². The molecule has 0 spiro atoms. The Balaban J connectivity index is 2.21. The zero-order valence-corrected chi connectivity index (χ0v) is 11.6. The van der Waals surface area contributed by atoms with Crippen molar-refractivity contribution in [2.45, 2.75) is 20.4 Å². The Morgan fingerprint density at radius 2 is 1.89 bits per heavy atom. The highest BCUT2D eigenvalue weighted by molar-refractivity contribution is 6.29. The molecule has 0 saturated carbocycles. The van der Waals surface area contributed by atoms with Crippen LogP contribution in [0.15, 0.2) is 30.3 Å². The number of benzene rings is 1. The lowest BCUT2D eigenvalue weighted by atomic mass is 10.2. The van der Waals surface area contributed by atoms with Crippen molar-refractivity contribution >= 4 is 17.3 Å². The van der Waals surface area contributed by atoms with E-state index in [2.05, 4.69) is 33.9 Å². The normalized spacial score (nSPS) is 10.4. The van der Waals surface area contributed by atoms with Crippen molar-refractivity contribution in [2.75, 3.05) is 11.9 Å². The number of halogens is 1. The lowest BCUT2D eigenvalue weighted by molar-refractivity contribution is 0.826. The molecule has 94 valence electrons. The number of nitrogens with zero attached hydrogens (tertiary/aromatic N) is 3. The molecule has 1 heterocycles. The molecule has 0 aliphatic carbocycles. The maximum atomic E-state index is 5.94. The third-order valence-electron chi connectivity index (χ3n) is 2.77. The van der Waals surface area contributed by atoms with Crippen LogP contribution in [0.2, 0.25) is 5.15 Å². The van der Waals surface area contributed by atoms with Gasteiger partial charge in [0.05, 0.1) is 6.54 Å². The predicted molar refractivity (Wildman–Crippen MR) is 75.1 cm³/mol. The molecule has 0 N–H and O–H groups in total. The zero-order valence-electron chi connectivity index (χ0n) is 10.8. The van der Waals surface area contributed by atoms with E-state index in [0.29, 0.717) is 11.7 Å². The second-order valence-corrected chi connectivity index (χ2v) is 4.78. The highest BCUT2D eigenvalue weighted by atomic mass is 35.5. The average Bonchev–Trinajstić information content (AvgIpc) is 2.27. The van der Waals surface area contributed by atoms with Gasteiger partial charge in [0.2, 0.25) is 0 Å². The maximum Gasteiger partial charge on any atom is 0.149 e. The van der Waals surface area contributed by atoms with Gasteiger partial charge in [-0.3, -0.25) is 0 Å². The summed E-state index contributed by atoms with van der Waals surface area (Å²) in [6.45, 7) is 4.66. The van der Waals surface area contributed by atoms with Crippen LogP contribution in [0.4, 0.5) is 5.69 Å². The SMILES string of the molecule is Cc1cc(Cl)nc(CN(C)c2ccccc2C)n1. The molecule has 0 bridgehead atoms. The van der Waals surface area contributed by atoms with E-state index in [0.717, 1.165) is 11.5 Å².